The van der Waals surface area contributed by atoms with Crippen LogP contribution in [-0.4, -0.2) is 26.8 Å². The Kier molecular flexibility index (Phi) is 5.92. The highest BCUT2D eigenvalue weighted by Gasteiger charge is 2.18. The molecule has 0 aliphatic rings. The molecule has 11 heteroatoms. The van der Waals surface area contributed by atoms with Crippen LogP contribution in [0.1, 0.15) is 11.4 Å². The molecule has 0 spiro atoms. The highest BCUT2D eigenvalue weighted by atomic mass is 79.9. The predicted molar refractivity (Wildman–Crippen MR) is 114 cm³/mol. The van der Waals surface area contributed by atoms with Gasteiger partial charge >= 0.3 is 0 Å². The second kappa shape index (κ2) is 8.09. The normalized spacial score (nSPS) is 11.8. The second-order valence-corrected chi connectivity index (χ2v) is 10.4. The Balaban J connectivity index is 1.79. The lowest BCUT2D eigenvalue weighted by atomic mass is 10.3. The van der Waals surface area contributed by atoms with Crippen LogP contribution in [0, 0.1) is 13.8 Å². The van der Waals surface area contributed by atoms with E-state index in [0.717, 1.165) is 4.47 Å². The van der Waals surface area contributed by atoms with Crippen LogP contribution in [0.15, 0.2) is 68.9 Å². The first kappa shape index (κ1) is 21.2. The average Bonchev–Trinajstić information content (AvgIpc) is 2.61. The van der Waals surface area contributed by atoms with Gasteiger partial charge in [-0.05, 0) is 68.4 Å². The van der Waals surface area contributed by atoms with E-state index < -0.39 is 20.0 Å². The van der Waals surface area contributed by atoms with Gasteiger partial charge in [0.1, 0.15) is 0 Å². The van der Waals surface area contributed by atoms with Crippen molar-refractivity contribution in [1.29, 1.82) is 0 Å². The molecule has 1 heterocycles. The van der Waals surface area contributed by atoms with Crippen LogP contribution in [0.2, 0.25) is 0 Å². The van der Waals surface area contributed by atoms with Gasteiger partial charge in [0, 0.05) is 21.5 Å². The summed E-state index contributed by atoms with van der Waals surface area (Å²) in [6.07, 6.45) is 0. The molecule has 152 valence electrons. The van der Waals surface area contributed by atoms with Crippen LogP contribution in [-0.2, 0) is 20.0 Å². The zero-order valence-electron chi connectivity index (χ0n) is 15.4. The molecule has 8 nitrogen and oxygen atoms in total. The average molecular weight is 497 g/mol. The number of hydrogen-bond acceptors (Lipinski definition) is 6. The molecular weight excluding hydrogens is 480 g/mol. The van der Waals surface area contributed by atoms with Crippen molar-refractivity contribution in [1.82, 2.24) is 9.97 Å². The van der Waals surface area contributed by atoms with E-state index in [1.54, 1.807) is 32.0 Å². The number of halogens is 1. The molecular formula is C18H17BrN4O4S2. The number of rotatable bonds is 6. The zero-order chi connectivity index (χ0) is 21.2. The van der Waals surface area contributed by atoms with Gasteiger partial charge in [0.2, 0.25) is 5.95 Å². The monoisotopic (exact) mass is 496 g/mol. The Morgan fingerprint density at radius 2 is 1.17 bits per heavy atom. The molecule has 0 atom stereocenters. The van der Waals surface area contributed by atoms with Gasteiger partial charge in [-0.2, -0.15) is 0 Å². The van der Waals surface area contributed by atoms with Crippen molar-refractivity contribution in [2.45, 2.75) is 23.6 Å². The molecule has 3 rings (SSSR count). The minimum absolute atomic E-state index is 0.0254. The topological polar surface area (TPSA) is 118 Å². The Hall–Kier alpha value is -2.50. The molecule has 0 unspecified atom stereocenters. The van der Waals surface area contributed by atoms with E-state index in [0.29, 0.717) is 11.4 Å². The number of nitrogens with one attached hydrogen (secondary N) is 2. The van der Waals surface area contributed by atoms with Gasteiger partial charge in [0.05, 0.1) is 9.79 Å². The lowest BCUT2D eigenvalue weighted by Gasteiger charge is -2.10. The van der Waals surface area contributed by atoms with E-state index in [2.05, 4.69) is 35.3 Å². The predicted octanol–water partition coefficient (Wildman–Crippen LogP) is 3.46. The Morgan fingerprint density at radius 3 is 1.69 bits per heavy atom. The highest BCUT2D eigenvalue weighted by Crippen LogP contribution is 2.21. The van der Waals surface area contributed by atoms with E-state index in [-0.39, 0.29) is 21.4 Å². The molecule has 0 saturated carbocycles. The maximum atomic E-state index is 12.5. The second-order valence-electron chi connectivity index (χ2n) is 6.16. The Morgan fingerprint density at radius 1 is 0.724 bits per heavy atom. The van der Waals surface area contributed by atoms with E-state index >= 15 is 0 Å². The summed E-state index contributed by atoms with van der Waals surface area (Å²) in [5, 5.41) is 0. The van der Waals surface area contributed by atoms with Crippen LogP contribution in [0.4, 0.5) is 11.6 Å². The molecule has 0 fully saturated rings. The Labute approximate surface area is 177 Å². The molecule has 2 N–H and O–H groups in total. The SMILES string of the molecule is Cc1cc(C)nc(NS(=O)(=O)c2ccc(NS(=O)(=O)c3ccc(Br)cc3)cc2)n1. The van der Waals surface area contributed by atoms with Crippen LogP contribution < -0.4 is 9.44 Å². The molecule has 3 aromatic rings. The van der Waals surface area contributed by atoms with Crippen LogP contribution in [0.5, 0.6) is 0 Å². The van der Waals surface area contributed by atoms with Gasteiger partial charge < -0.3 is 0 Å². The summed E-state index contributed by atoms with van der Waals surface area (Å²) in [6.45, 7) is 3.47. The third kappa shape index (κ3) is 5.31. The molecule has 1 aromatic heterocycles. The highest BCUT2D eigenvalue weighted by molar-refractivity contribution is 9.10. The van der Waals surface area contributed by atoms with Crippen molar-refractivity contribution in [3.63, 3.8) is 0 Å². The summed E-state index contributed by atoms with van der Waals surface area (Å²) in [5.41, 5.74) is 1.50. The summed E-state index contributed by atoms with van der Waals surface area (Å²) in [6, 6.07) is 13.2. The van der Waals surface area contributed by atoms with Gasteiger partial charge in [0.25, 0.3) is 20.0 Å². The van der Waals surface area contributed by atoms with Crippen molar-refractivity contribution in [2.24, 2.45) is 0 Å². The minimum Gasteiger partial charge on any atom is -0.280 e. The van der Waals surface area contributed by atoms with Gasteiger partial charge in [-0.25, -0.2) is 31.5 Å². The summed E-state index contributed by atoms with van der Waals surface area (Å²) >= 11 is 3.25. The maximum Gasteiger partial charge on any atom is 0.264 e. The number of sulfonamides is 2. The molecule has 2 aromatic carbocycles. The number of aryl methyl sites for hydroxylation is 2. The lowest BCUT2D eigenvalue weighted by Crippen LogP contribution is -2.16. The molecule has 0 bridgehead atoms. The first-order chi connectivity index (χ1) is 13.5. The first-order valence-electron chi connectivity index (χ1n) is 8.29. The quantitative estimate of drug-likeness (QED) is 0.539. The summed E-state index contributed by atoms with van der Waals surface area (Å²) < 4.78 is 55.4. The fraction of sp³-hybridized carbons (Fsp3) is 0.111. The molecule has 0 aliphatic carbocycles. The molecule has 0 amide bonds. The van der Waals surface area contributed by atoms with E-state index in [1.807, 2.05) is 0 Å². The van der Waals surface area contributed by atoms with Crippen LogP contribution >= 0.6 is 15.9 Å². The van der Waals surface area contributed by atoms with Gasteiger partial charge in [-0.15, -0.1) is 0 Å². The fourth-order valence-corrected chi connectivity index (χ4v) is 4.75. The summed E-state index contributed by atoms with van der Waals surface area (Å²) in [4.78, 5) is 8.15. The molecule has 0 saturated heterocycles. The number of nitrogens with zero attached hydrogens (tertiary/aromatic N) is 2. The van der Waals surface area contributed by atoms with Gasteiger partial charge in [0.15, 0.2) is 0 Å². The van der Waals surface area contributed by atoms with Crippen molar-refractivity contribution in [3.05, 3.63) is 70.5 Å². The molecule has 29 heavy (non-hydrogen) atoms. The maximum absolute atomic E-state index is 12.5. The lowest BCUT2D eigenvalue weighted by molar-refractivity contribution is 0.599. The summed E-state index contributed by atoms with van der Waals surface area (Å²) in [7, 11) is -7.71. The first-order valence-corrected chi connectivity index (χ1v) is 12.0. The van der Waals surface area contributed by atoms with E-state index in [4.69, 9.17) is 0 Å². The zero-order valence-corrected chi connectivity index (χ0v) is 18.6. The van der Waals surface area contributed by atoms with Crippen molar-refractivity contribution in [3.8, 4) is 0 Å². The van der Waals surface area contributed by atoms with E-state index in [9.17, 15) is 16.8 Å². The number of benzene rings is 2. The van der Waals surface area contributed by atoms with Crippen LogP contribution in [0.25, 0.3) is 0 Å². The van der Waals surface area contributed by atoms with Crippen molar-refractivity contribution < 1.29 is 16.8 Å². The summed E-state index contributed by atoms with van der Waals surface area (Å²) in [5.74, 6) is -0.0254. The number of hydrogen-bond donors (Lipinski definition) is 2. The van der Waals surface area contributed by atoms with Crippen molar-refractivity contribution in [2.75, 3.05) is 9.44 Å². The van der Waals surface area contributed by atoms with Gasteiger partial charge in [-0.1, -0.05) is 15.9 Å². The third-order valence-electron chi connectivity index (χ3n) is 3.75. The molecule has 0 radical (unpaired) electrons. The number of anilines is 2. The Bertz CT molecular complexity index is 1220. The minimum atomic E-state index is -3.92. The smallest absolute Gasteiger partial charge is 0.264 e. The number of aromatic nitrogens is 2. The largest absolute Gasteiger partial charge is 0.280 e. The van der Waals surface area contributed by atoms with Crippen LogP contribution in [0.3, 0.4) is 0 Å². The fourth-order valence-electron chi connectivity index (χ4n) is 2.48. The third-order valence-corrected chi connectivity index (χ3v) is 7.02. The van der Waals surface area contributed by atoms with Gasteiger partial charge in [-0.3, -0.25) is 4.72 Å². The standard InChI is InChI=1S/C18H17BrN4O4S2/c1-12-11-13(2)21-18(20-12)23-29(26,27)17-9-5-15(6-10-17)22-28(24,25)16-7-3-14(19)4-8-16/h3-11,22H,1-2H3,(H,20,21,23). The molecule has 0 aliphatic heterocycles. The van der Waals surface area contributed by atoms with Crippen molar-refractivity contribution >= 4 is 47.6 Å². The van der Waals surface area contributed by atoms with E-state index in [1.165, 1.54) is 36.4 Å².